The third-order valence-electron chi connectivity index (χ3n) is 2.03. The van der Waals surface area contributed by atoms with Gasteiger partial charge in [0.05, 0.1) is 10.4 Å². The number of Topliss-reactive ketones (excluding diaryl/α,β-unsaturated/α-hetero) is 1. The van der Waals surface area contributed by atoms with Crippen LogP contribution in [0.2, 0.25) is 5.02 Å². The quantitative estimate of drug-likeness (QED) is 0.570. The first kappa shape index (κ1) is 11.5. The zero-order chi connectivity index (χ0) is 10.7. The van der Waals surface area contributed by atoms with Gasteiger partial charge in [-0.3, -0.25) is 4.79 Å². The van der Waals surface area contributed by atoms with Crippen LogP contribution in [0.25, 0.3) is 0 Å². The number of hydrogen-bond donors (Lipinski definition) is 0. The first-order valence-electron chi connectivity index (χ1n) is 4.50. The standard InChI is InChI=1S/C11H12Cl2O/c1-3-9(12)11(14)8-6-7(2)4-5-10(8)13/h4-6,9H,3H2,1-2H3. The summed E-state index contributed by atoms with van der Waals surface area (Å²) >= 11 is 11.8. The van der Waals surface area contributed by atoms with Crippen LogP contribution in [0, 0.1) is 6.92 Å². The second-order valence-electron chi connectivity index (χ2n) is 3.22. The summed E-state index contributed by atoms with van der Waals surface area (Å²) in [6, 6.07) is 5.37. The van der Waals surface area contributed by atoms with Gasteiger partial charge in [-0.2, -0.15) is 0 Å². The largest absolute Gasteiger partial charge is 0.292 e. The van der Waals surface area contributed by atoms with Gasteiger partial charge in [0.1, 0.15) is 0 Å². The van der Waals surface area contributed by atoms with Crippen LogP contribution in [0.15, 0.2) is 18.2 Å². The molecule has 0 spiro atoms. The van der Waals surface area contributed by atoms with Gasteiger partial charge in [0.2, 0.25) is 0 Å². The van der Waals surface area contributed by atoms with Crippen molar-refractivity contribution < 1.29 is 4.79 Å². The molecule has 0 saturated carbocycles. The maximum Gasteiger partial charge on any atom is 0.182 e. The Morgan fingerprint density at radius 2 is 2.14 bits per heavy atom. The van der Waals surface area contributed by atoms with E-state index in [1.165, 1.54) is 0 Å². The van der Waals surface area contributed by atoms with Gasteiger partial charge < -0.3 is 0 Å². The van der Waals surface area contributed by atoms with Crippen LogP contribution in [-0.2, 0) is 0 Å². The summed E-state index contributed by atoms with van der Waals surface area (Å²) in [5.41, 5.74) is 1.53. The van der Waals surface area contributed by atoms with Gasteiger partial charge in [0, 0.05) is 5.56 Å². The molecule has 0 saturated heterocycles. The van der Waals surface area contributed by atoms with Gasteiger partial charge in [0.25, 0.3) is 0 Å². The van der Waals surface area contributed by atoms with Crippen molar-refractivity contribution in [2.24, 2.45) is 0 Å². The molecular weight excluding hydrogens is 219 g/mol. The minimum Gasteiger partial charge on any atom is -0.292 e. The van der Waals surface area contributed by atoms with Gasteiger partial charge >= 0.3 is 0 Å². The molecule has 0 heterocycles. The Morgan fingerprint density at radius 1 is 1.50 bits per heavy atom. The molecule has 0 amide bonds. The van der Waals surface area contributed by atoms with Crippen molar-refractivity contribution in [1.82, 2.24) is 0 Å². The molecule has 1 unspecified atom stereocenters. The molecule has 0 aromatic heterocycles. The van der Waals surface area contributed by atoms with E-state index >= 15 is 0 Å². The Labute approximate surface area is 94.0 Å². The molecule has 76 valence electrons. The summed E-state index contributed by atoms with van der Waals surface area (Å²) in [6.45, 7) is 3.79. The van der Waals surface area contributed by atoms with Gasteiger partial charge in [0.15, 0.2) is 5.78 Å². The van der Waals surface area contributed by atoms with Crippen LogP contribution in [0.1, 0.15) is 29.3 Å². The molecule has 14 heavy (non-hydrogen) atoms. The topological polar surface area (TPSA) is 17.1 Å². The molecule has 0 aliphatic rings. The molecule has 1 aromatic rings. The average Bonchev–Trinajstić information content (AvgIpc) is 2.19. The number of hydrogen-bond acceptors (Lipinski definition) is 1. The molecule has 0 fully saturated rings. The lowest BCUT2D eigenvalue weighted by Crippen LogP contribution is -2.14. The number of aryl methyl sites for hydroxylation is 1. The molecule has 1 atom stereocenters. The highest BCUT2D eigenvalue weighted by atomic mass is 35.5. The lowest BCUT2D eigenvalue weighted by Gasteiger charge is -2.07. The fourth-order valence-corrected chi connectivity index (χ4v) is 1.51. The molecule has 0 aliphatic carbocycles. The van der Waals surface area contributed by atoms with Crippen LogP contribution in [-0.4, -0.2) is 11.2 Å². The van der Waals surface area contributed by atoms with Crippen LogP contribution < -0.4 is 0 Å². The van der Waals surface area contributed by atoms with Gasteiger partial charge in [-0.05, 0) is 25.5 Å². The van der Waals surface area contributed by atoms with Crippen LogP contribution in [0.3, 0.4) is 0 Å². The number of benzene rings is 1. The first-order chi connectivity index (χ1) is 6.56. The monoisotopic (exact) mass is 230 g/mol. The molecular formula is C11H12Cl2O. The van der Waals surface area contributed by atoms with Crippen molar-refractivity contribution in [1.29, 1.82) is 0 Å². The van der Waals surface area contributed by atoms with Crippen molar-refractivity contribution in [3.8, 4) is 0 Å². The number of ketones is 1. The summed E-state index contributed by atoms with van der Waals surface area (Å²) < 4.78 is 0. The Morgan fingerprint density at radius 3 is 2.71 bits per heavy atom. The Balaban J connectivity index is 3.06. The number of alkyl halides is 1. The van der Waals surface area contributed by atoms with Crippen molar-refractivity contribution in [2.75, 3.05) is 0 Å². The van der Waals surface area contributed by atoms with E-state index in [4.69, 9.17) is 23.2 Å². The second kappa shape index (κ2) is 4.81. The van der Waals surface area contributed by atoms with E-state index in [0.29, 0.717) is 17.0 Å². The van der Waals surface area contributed by atoms with Gasteiger partial charge in [-0.25, -0.2) is 0 Å². The van der Waals surface area contributed by atoms with E-state index in [0.717, 1.165) is 5.56 Å². The van der Waals surface area contributed by atoms with E-state index in [2.05, 4.69) is 0 Å². The Bertz CT molecular complexity index is 347. The van der Waals surface area contributed by atoms with E-state index in [1.54, 1.807) is 12.1 Å². The minimum absolute atomic E-state index is 0.0946. The van der Waals surface area contributed by atoms with Crippen molar-refractivity contribution in [2.45, 2.75) is 25.6 Å². The highest BCUT2D eigenvalue weighted by molar-refractivity contribution is 6.38. The molecule has 1 rings (SSSR count). The second-order valence-corrected chi connectivity index (χ2v) is 4.16. The van der Waals surface area contributed by atoms with Crippen LogP contribution >= 0.6 is 23.2 Å². The predicted molar refractivity (Wildman–Crippen MR) is 60.5 cm³/mol. The normalized spacial score (nSPS) is 12.6. The zero-order valence-corrected chi connectivity index (χ0v) is 9.69. The highest BCUT2D eigenvalue weighted by Crippen LogP contribution is 2.21. The maximum atomic E-state index is 11.7. The van der Waals surface area contributed by atoms with E-state index in [9.17, 15) is 4.79 Å². The lowest BCUT2D eigenvalue weighted by molar-refractivity contribution is 0.0986. The van der Waals surface area contributed by atoms with E-state index < -0.39 is 5.38 Å². The van der Waals surface area contributed by atoms with E-state index in [-0.39, 0.29) is 5.78 Å². The molecule has 3 heteroatoms. The lowest BCUT2D eigenvalue weighted by atomic mass is 10.0. The molecule has 0 radical (unpaired) electrons. The molecule has 0 aliphatic heterocycles. The Hall–Kier alpha value is -0.530. The van der Waals surface area contributed by atoms with Crippen LogP contribution in [0.5, 0.6) is 0 Å². The zero-order valence-electron chi connectivity index (χ0n) is 8.18. The number of carbonyl (C=O) groups excluding carboxylic acids is 1. The fourth-order valence-electron chi connectivity index (χ4n) is 1.18. The first-order valence-corrected chi connectivity index (χ1v) is 5.32. The third kappa shape index (κ3) is 2.49. The molecule has 1 nitrogen and oxygen atoms in total. The SMILES string of the molecule is CCC(Cl)C(=O)c1cc(C)ccc1Cl. The summed E-state index contributed by atoms with van der Waals surface area (Å²) in [5.74, 6) is -0.0946. The summed E-state index contributed by atoms with van der Waals surface area (Å²) in [6.07, 6.45) is 0.616. The number of carbonyl (C=O) groups is 1. The van der Waals surface area contributed by atoms with Gasteiger partial charge in [-0.1, -0.05) is 30.2 Å². The average molecular weight is 231 g/mol. The summed E-state index contributed by atoms with van der Waals surface area (Å²) in [7, 11) is 0. The third-order valence-corrected chi connectivity index (χ3v) is 2.87. The summed E-state index contributed by atoms with van der Waals surface area (Å²) in [4.78, 5) is 11.7. The van der Waals surface area contributed by atoms with Crippen molar-refractivity contribution in [3.05, 3.63) is 34.3 Å². The predicted octanol–water partition coefficient (Wildman–Crippen LogP) is 3.85. The molecule has 0 bridgehead atoms. The minimum atomic E-state index is -0.478. The molecule has 0 N–H and O–H groups in total. The smallest absolute Gasteiger partial charge is 0.182 e. The Kier molecular flexibility index (Phi) is 3.97. The highest BCUT2D eigenvalue weighted by Gasteiger charge is 2.17. The maximum absolute atomic E-state index is 11.7. The fraction of sp³-hybridized carbons (Fsp3) is 0.364. The number of rotatable bonds is 3. The number of halogens is 2. The van der Waals surface area contributed by atoms with Crippen molar-refractivity contribution in [3.63, 3.8) is 0 Å². The van der Waals surface area contributed by atoms with E-state index in [1.807, 2.05) is 19.9 Å². The summed E-state index contributed by atoms with van der Waals surface area (Å²) in [5, 5.41) is -0.00556. The van der Waals surface area contributed by atoms with Crippen LogP contribution in [0.4, 0.5) is 0 Å². The van der Waals surface area contributed by atoms with Gasteiger partial charge in [-0.15, -0.1) is 11.6 Å². The molecule has 1 aromatic carbocycles. The van der Waals surface area contributed by atoms with Crippen molar-refractivity contribution >= 4 is 29.0 Å².